The smallest absolute Gasteiger partial charge is 0.182 e. The Morgan fingerprint density at radius 2 is 2.11 bits per heavy atom. The molecule has 1 aromatic heterocycles. The lowest BCUT2D eigenvalue weighted by atomic mass is 10.0. The second-order valence-electron chi connectivity index (χ2n) is 4.43. The van der Waals surface area contributed by atoms with Crippen molar-refractivity contribution >= 4 is 16.5 Å². The Kier molecular flexibility index (Phi) is 4.33. The fraction of sp³-hybridized carbons (Fsp3) is 0.357. The summed E-state index contributed by atoms with van der Waals surface area (Å²) in [5.74, 6) is 0. The molecular weight excluding hydrogens is 242 g/mol. The van der Waals surface area contributed by atoms with Crippen LogP contribution in [0.2, 0.25) is 0 Å². The number of anilines is 1. The van der Waals surface area contributed by atoms with Gasteiger partial charge in [0.1, 0.15) is 0 Å². The molecule has 0 aliphatic heterocycles. The van der Waals surface area contributed by atoms with Crippen LogP contribution < -0.4 is 11.1 Å². The van der Waals surface area contributed by atoms with Crippen LogP contribution in [0.25, 0.3) is 0 Å². The molecule has 0 aliphatic rings. The molecule has 0 saturated heterocycles. The van der Waals surface area contributed by atoms with Crippen molar-refractivity contribution in [1.29, 1.82) is 0 Å². The Bertz CT molecular complexity index is 520. The van der Waals surface area contributed by atoms with E-state index in [1.165, 1.54) is 16.7 Å². The van der Waals surface area contributed by atoms with Crippen LogP contribution in [0.5, 0.6) is 0 Å². The number of aromatic nitrogens is 1. The third-order valence-electron chi connectivity index (χ3n) is 3.02. The second kappa shape index (κ2) is 5.98. The molecule has 2 rings (SSSR count). The first-order valence-electron chi connectivity index (χ1n) is 6.14. The second-order valence-corrected chi connectivity index (χ2v) is 5.55. The van der Waals surface area contributed by atoms with Gasteiger partial charge >= 0.3 is 0 Å². The number of rotatable bonds is 5. The summed E-state index contributed by atoms with van der Waals surface area (Å²) in [6.07, 6.45) is 2.85. The highest BCUT2D eigenvalue weighted by molar-refractivity contribution is 7.15. The van der Waals surface area contributed by atoms with Crippen molar-refractivity contribution in [1.82, 2.24) is 4.98 Å². The molecule has 18 heavy (non-hydrogen) atoms. The number of nitrogens with zero attached hydrogens (tertiary/aromatic N) is 1. The van der Waals surface area contributed by atoms with Gasteiger partial charge in [-0.1, -0.05) is 18.2 Å². The zero-order valence-corrected chi connectivity index (χ0v) is 11.7. The molecule has 0 saturated carbocycles. The molecule has 0 aliphatic carbocycles. The molecule has 0 bridgehead atoms. The summed E-state index contributed by atoms with van der Waals surface area (Å²) in [5.41, 5.74) is 9.62. The van der Waals surface area contributed by atoms with Gasteiger partial charge in [0, 0.05) is 24.2 Å². The molecule has 0 fully saturated rings. The van der Waals surface area contributed by atoms with Gasteiger partial charge in [-0.05, 0) is 37.0 Å². The molecule has 1 aromatic carbocycles. The Labute approximate surface area is 112 Å². The van der Waals surface area contributed by atoms with E-state index in [1.807, 2.05) is 6.20 Å². The first-order valence-corrected chi connectivity index (χ1v) is 6.95. The molecule has 3 nitrogen and oxygen atoms in total. The number of aryl methyl sites for hydroxylation is 2. The van der Waals surface area contributed by atoms with Crippen molar-refractivity contribution in [2.45, 2.75) is 26.8 Å². The van der Waals surface area contributed by atoms with Gasteiger partial charge in [0.05, 0.1) is 0 Å². The Morgan fingerprint density at radius 1 is 1.28 bits per heavy atom. The average molecular weight is 261 g/mol. The third-order valence-corrected chi connectivity index (χ3v) is 3.99. The minimum Gasteiger partial charge on any atom is -0.361 e. The maximum Gasteiger partial charge on any atom is 0.182 e. The van der Waals surface area contributed by atoms with Crippen molar-refractivity contribution < 1.29 is 0 Å². The quantitative estimate of drug-likeness (QED) is 0.870. The predicted molar refractivity (Wildman–Crippen MR) is 78.1 cm³/mol. The summed E-state index contributed by atoms with van der Waals surface area (Å²) in [4.78, 5) is 5.39. The van der Waals surface area contributed by atoms with Crippen LogP contribution in [0, 0.1) is 13.8 Å². The maximum absolute atomic E-state index is 5.56. The molecule has 0 amide bonds. The lowest BCUT2D eigenvalue weighted by Crippen LogP contribution is -2.04. The number of hydrogen-bond acceptors (Lipinski definition) is 4. The molecule has 1 heterocycles. The SMILES string of the molecule is Cc1ccc(CCNc2ncc(CN)s2)cc1C. The Hall–Kier alpha value is -1.39. The molecule has 3 N–H and O–H groups in total. The summed E-state index contributed by atoms with van der Waals surface area (Å²) in [7, 11) is 0. The summed E-state index contributed by atoms with van der Waals surface area (Å²) < 4.78 is 0. The maximum atomic E-state index is 5.56. The number of thiazole rings is 1. The topological polar surface area (TPSA) is 50.9 Å². The van der Waals surface area contributed by atoms with E-state index < -0.39 is 0 Å². The number of benzene rings is 1. The molecule has 2 aromatic rings. The minimum absolute atomic E-state index is 0.566. The average Bonchev–Trinajstić information content (AvgIpc) is 2.82. The van der Waals surface area contributed by atoms with E-state index in [9.17, 15) is 0 Å². The van der Waals surface area contributed by atoms with Crippen molar-refractivity contribution in [3.8, 4) is 0 Å². The standard InChI is InChI=1S/C14H19N3S/c1-10-3-4-12(7-11(10)2)5-6-16-14-17-9-13(8-15)18-14/h3-4,7,9H,5-6,8,15H2,1-2H3,(H,16,17). The van der Waals surface area contributed by atoms with Crippen LogP contribution in [0.4, 0.5) is 5.13 Å². The fourth-order valence-electron chi connectivity index (χ4n) is 1.76. The van der Waals surface area contributed by atoms with E-state index in [1.54, 1.807) is 11.3 Å². The van der Waals surface area contributed by atoms with E-state index in [0.717, 1.165) is 23.0 Å². The number of hydrogen-bond donors (Lipinski definition) is 2. The van der Waals surface area contributed by atoms with Gasteiger partial charge in [0.2, 0.25) is 0 Å². The van der Waals surface area contributed by atoms with Crippen LogP contribution in [-0.2, 0) is 13.0 Å². The molecule has 0 spiro atoms. The van der Waals surface area contributed by atoms with Gasteiger partial charge < -0.3 is 11.1 Å². The van der Waals surface area contributed by atoms with Crippen LogP contribution in [0.1, 0.15) is 21.6 Å². The predicted octanol–water partition coefficient (Wildman–Crippen LogP) is 2.87. The van der Waals surface area contributed by atoms with Crippen molar-refractivity contribution in [3.05, 3.63) is 46.0 Å². The first-order chi connectivity index (χ1) is 8.69. The van der Waals surface area contributed by atoms with Crippen LogP contribution in [0.3, 0.4) is 0 Å². The monoisotopic (exact) mass is 261 g/mol. The van der Waals surface area contributed by atoms with Crippen molar-refractivity contribution in [3.63, 3.8) is 0 Å². The lowest BCUT2D eigenvalue weighted by molar-refractivity contribution is 1.01. The highest BCUT2D eigenvalue weighted by atomic mass is 32.1. The van der Waals surface area contributed by atoms with E-state index in [0.29, 0.717) is 6.54 Å². The zero-order chi connectivity index (χ0) is 13.0. The number of nitrogens with one attached hydrogen (secondary N) is 1. The molecule has 0 atom stereocenters. The van der Waals surface area contributed by atoms with Crippen LogP contribution >= 0.6 is 11.3 Å². The molecular formula is C14H19N3S. The summed E-state index contributed by atoms with van der Waals surface area (Å²) >= 11 is 1.63. The number of nitrogens with two attached hydrogens (primary N) is 1. The van der Waals surface area contributed by atoms with Gasteiger partial charge in [-0.25, -0.2) is 4.98 Å². The Morgan fingerprint density at radius 3 is 2.78 bits per heavy atom. The van der Waals surface area contributed by atoms with Gasteiger partial charge in [0.15, 0.2) is 5.13 Å². The Balaban J connectivity index is 1.86. The first kappa shape index (κ1) is 13.1. The summed E-state index contributed by atoms with van der Waals surface area (Å²) in [6, 6.07) is 6.63. The summed E-state index contributed by atoms with van der Waals surface area (Å²) in [6.45, 7) is 5.76. The highest BCUT2D eigenvalue weighted by Gasteiger charge is 2.00. The molecule has 0 unspecified atom stereocenters. The minimum atomic E-state index is 0.566. The normalized spacial score (nSPS) is 10.6. The van der Waals surface area contributed by atoms with E-state index in [4.69, 9.17) is 5.73 Å². The van der Waals surface area contributed by atoms with Crippen LogP contribution in [0.15, 0.2) is 24.4 Å². The van der Waals surface area contributed by atoms with E-state index >= 15 is 0 Å². The molecule has 96 valence electrons. The highest BCUT2D eigenvalue weighted by Crippen LogP contribution is 2.17. The molecule has 4 heteroatoms. The molecule has 0 radical (unpaired) electrons. The van der Waals surface area contributed by atoms with Gasteiger partial charge in [0.25, 0.3) is 0 Å². The zero-order valence-electron chi connectivity index (χ0n) is 10.9. The van der Waals surface area contributed by atoms with Gasteiger partial charge in [-0.2, -0.15) is 0 Å². The van der Waals surface area contributed by atoms with E-state index in [2.05, 4.69) is 42.3 Å². The summed E-state index contributed by atoms with van der Waals surface area (Å²) in [5, 5.41) is 4.29. The van der Waals surface area contributed by atoms with Crippen molar-refractivity contribution in [2.24, 2.45) is 5.73 Å². The van der Waals surface area contributed by atoms with Gasteiger partial charge in [-0.15, -0.1) is 11.3 Å². The van der Waals surface area contributed by atoms with Crippen molar-refractivity contribution in [2.75, 3.05) is 11.9 Å². The van der Waals surface area contributed by atoms with Crippen LogP contribution in [-0.4, -0.2) is 11.5 Å². The fourth-order valence-corrected chi connectivity index (χ4v) is 2.47. The third kappa shape index (κ3) is 3.31. The van der Waals surface area contributed by atoms with E-state index in [-0.39, 0.29) is 0 Å². The lowest BCUT2D eigenvalue weighted by Gasteiger charge is -2.06. The van der Waals surface area contributed by atoms with Gasteiger partial charge in [-0.3, -0.25) is 0 Å². The largest absolute Gasteiger partial charge is 0.361 e.